The number of nitrogens with zero attached hydrogens (tertiary/aromatic N) is 1. The first-order valence-corrected chi connectivity index (χ1v) is 8.45. The second-order valence-electron chi connectivity index (χ2n) is 6.11. The number of ether oxygens (including phenoxy) is 1. The second kappa shape index (κ2) is 5.06. The molecule has 1 aliphatic heterocycles. The van der Waals surface area contributed by atoms with Gasteiger partial charge in [0.2, 0.25) is 0 Å². The van der Waals surface area contributed by atoms with Crippen LogP contribution in [0.2, 0.25) is 0 Å². The zero-order chi connectivity index (χ0) is 15.2. The molecule has 0 bridgehead atoms. The Labute approximate surface area is 130 Å². The highest BCUT2D eigenvalue weighted by Crippen LogP contribution is 2.42. The molecule has 0 fully saturated rings. The Hall–Kier alpha value is -1.48. The van der Waals surface area contributed by atoms with E-state index in [9.17, 15) is 0 Å². The molecule has 1 aliphatic rings. The van der Waals surface area contributed by atoms with Gasteiger partial charge in [-0.2, -0.15) is 0 Å². The van der Waals surface area contributed by atoms with Crippen molar-refractivity contribution in [1.82, 2.24) is 0 Å². The van der Waals surface area contributed by atoms with E-state index in [1.165, 1.54) is 21.9 Å². The maximum Gasteiger partial charge on any atom is 0.119 e. The number of hydrogen-bond acceptors (Lipinski definition) is 3. The van der Waals surface area contributed by atoms with Crippen molar-refractivity contribution in [1.29, 1.82) is 0 Å². The van der Waals surface area contributed by atoms with Gasteiger partial charge in [-0.05, 0) is 54.6 Å². The lowest BCUT2D eigenvalue weighted by molar-refractivity contribution is 0.415. The monoisotopic (exact) mass is 299 g/mol. The van der Waals surface area contributed by atoms with Crippen LogP contribution in [0.4, 0.5) is 0 Å². The van der Waals surface area contributed by atoms with Crippen molar-refractivity contribution in [2.45, 2.75) is 32.2 Å². The maximum absolute atomic E-state index is 5.34. The molecule has 0 saturated heterocycles. The minimum Gasteiger partial charge on any atom is -0.497 e. The molecule has 0 saturated carbocycles. The third-order valence-corrected chi connectivity index (χ3v) is 5.26. The zero-order valence-electron chi connectivity index (χ0n) is 13.2. The minimum absolute atomic E-state index is 0.0501. The lowest BCUT2D eigenvalue weighted by Gasteiger charge is -2.35. The van der Waals surface area contributed by atoms with Gasteiger partial charge in [-0.1, -0.05) is 19.1 Å². The molecule has 1 heterocycles. The van der Waals surface area contributed by atoms with E-state index in [4.69, 9.17) is 9.73 Å². The highest BCUT2D eigenvalue weighted by molar-refractivity contribution is 8.13. The van der Waals surface area contributed by atoms with E-state index in [0.29, 0.717) is 5.92 Å². The van der Waals surface area contributed by atoms with Crippen molar-refractivity contribution in [3.8, 4) is 5.75 Å². The molecule has 1 atom stereocenters. The van der Waals surface area contributed by atoms with Crippen molar-refractivity contribution in [2.75, 3.05) is 13.4 Å². The van der Waals surface area contributed by atoms with Crippen molar-refractivity contribution < 1.29 is 4.74 Å². The van der Waals surface area contributed by atoms with E-state index < -0.39 is 0 Å². The highest BCUT2D eigenvalue weighted by Gasteiger charge is 2.34. The average molecular weight is 299 g/mol. The summed E-state index contributed by atoms with van der Waals surface area (Å²) < 4.78 is 5.34. The SMILES string of the molecule is COc1ccc2c3c(ccc2c1)[C@H](C)C(C)(C)N=C3SC. The summed E-state index contributed by atoms with van der Waals surface area (Å²) >= 11 is 1.74. The van der Waals surface area contributed by atoms with Crippen molar-refractivity contribution in [2.24, 2.45) is 4.99 Å². The van der Waals surface area contributed by atoms with Crippen LogP contribution in [-0.2, 0) is 0 Å². The van der Waals surface area contributed by atoms with E-state index in [-0.39, 0.29) is 5.54 Å². The molecule has 2 aromatic rings. The second-order valence-corrected chi connectivity index (χ2v) is 6.91. The molecule has 3 heteroatoms. The predicted octanol–water partition coefficient (Wildman–Crippen LogP) is 4.85. The molecular formula is C18H21NOS. The van der Waals surface area contributed by atoms with Crippen LogP contribution in [0, 0.1) is 0 Å². The molecule has 0 aromatic heterocycles. The third-order valence-electron chi connectivity index (χ3n) is 4.58. The number of rotatable bonds is 1. The molecule has 0 aliphatic carbocycles. The fraction of sp³-hybridized carbons (Fsp3) is 0.389. The van der Waals surface area contributed by atoms with Crippen molar-refractivity contribution in [3.05, 3.63) is 41.5 Å². The molecule has 2 aromatic carbocycles. The van der Waals surface area contributed by atoms with E-state index in [1.54, 1.807) is 18.9 Å². The van der Waals surface area contributed by atoms with Crippen LogP contribution >= 0.6 is 11.8 Å². The first-order valence-electron chi connectivity index (χ1n) is 7.23. The van der Waals surface area contributed by atoms with Gasteiger partial charge in [0.15, 0.2) is 0 Å². The van der Waals surface area contributed by atoms with Gasteiger partial charge in [0.1, 0.15) is 5.75 Å². The van der Waals surface area contributed by atoms with Crippen LogP contribution in [0.3, 0.4) is 0 Å². The van der Waals surface area contributed by atoms with Crippen LogP contribution in [-0.4, -0.2) is 23.9 Å². The average Bonchev–Trinajstić information content (AvgIpc) is 2.49. The fourth-order valence-corrected chi connectivity index (χ4v) is 3.75. The van der Waals surface area contributed by atoms with Crippen molar-refractivity contribution in [3.63, 3.8) is 0 Å². The number of methoxy groups -OCH3 is 1. The Morgan fingerprint density at radius 3 is 2.62 bits per heavy atom. The molecule has 2 nitrogen and oxygen atoms in total. The Morgan fingerprint density at radius 2 is 1.95 bits per heavy atom. The van der Waals surface area contributed by atoms with E-state index >= 15 is 0 Å². The van der Waals surface area contributed by atoms with Crippen LogP contribution < -0.4 is 4.74 Å². The summed E-state index contributed by atoms with van der Waals surface area (Å²) in [6.07, 6.45) is 2.11. The van der Waals surface area contributed by atoms with Gasteiger partial charge in [-0.3, -0.25) is 4.99 Å². The smallest absolute Gasteiger partial charge is 0.119 e. The van der Waals surface area contributed by atoms with Gasteiger partial charge in [-0.15, -0.1) is 11.8 Å². The third kappa shape index (κ3) is 2.24. The van der Waals surface area contributed by atoms with E-state index in [1.807, 2.05) is 6.07 Å². The van der Waals surface area contributed by atoms with Gasteiger partial charge in [0, 0.05) is 11.5 Å². The minimum atomic E-state index is -0.0501. The molecular weight excluding hydrogens is 278 g/mol. The number of aliphatic imine (C=N–C) groups is 1. The standard InChI is InChI=1S/C18H21NOS/c1-11-14-8-6-12-10-13(20-4)7-9-15(12)16(14)17(21-5)19-18(11,2)3/h6-11H,1-5H3/t11-/m0/s1. The normalized spacial score (nSPS) is 20.0. The maximum atomic E-state index is 5.34. The summed E-state index contributed by atoms with van der Waals surface area (Å²) in [7, 11) is 1.71. The lowest BCUT2D eigenvalue weighted by Crippen LogP contribution is -2.31. The topological polar surface area (TPSA) is 21.6 Å². The first-order chi connectivity index (χ1) is 9.97. The van der Waals surface area contributed by atoms with Gasteiger partial charge in [0.05, 0.1) is 17.7 Å². The molecule has 0 N–H and O–H groups in total. The van der Waals surface area contributed by atoms with E-state index in [0.717, 1.165) is 10.8 Å². The van der Waals surface area contributed by atoms with Crippen molar-refractivity contribution >= 4 is 27.6 Å². The molecule has 110 valence electrons. The lowest BCUT2D eigenvalue weighted by atomic mass is 9.78. The summed E-state index contributed by atoms with van der Waals surface area (Å²) in [5.41, 5.74) is 2.65. The van der Waals surface area contributed by atoms with Gasteiger partial charge < -0.3 is 4.74 Å². The summed E-state index contributed by atoms with van der Waals surface area (Å²) in [6, 6.07) is 10.7. The predicted molar refractivity (Wildman–Crippen MR) is 93.0 cm³/mol. The summed E-state index contributed by atoms with van der Waals surface area (Å²) in [6.45, 7) is 6.71. The first kappa shape index (κ1) is 14.5. The summed E-state index contributed by atoms with van der Waals surface area (Å²) in [5, 5.41) is 3.62. The van der Waals surface area contributed by atoms with Crippen LogP contribution in [0.1, 0.15) is 37.8 Å². The summed E-state index contributed by atoms with van der Waals surface area (Å²) in [5.74, 6) is 1.31. The Kier molecular flexibility index (Phi) is 3.48. The van der Waals surface area contributed by atoms with Crippen LogP contribution in [0.5, 0.6) is 5.75 Å². The quantitative estimate of drug-likeness (QED) is 0.750. The number of fused-ring (bicyclic) bond motifs is 3. The number of benzene rings is 2. The molecule has 0 spiro atoms. The van der Waals surface area contributed by atoms with Gasteiger partial charge in [0.25, 0.3) is 0 Å². The van der Waals surface area contributed by atoms with Crippen LogP contribution in [0.15, 0.2) is 35.3 Å². The summed E-state index contributed by atoms with van der Waals surface area (Å²) in [4.78, 5) is 5.00. The zero-order valence-corrected chi connectivity index (χ0v) is 14.0. The number of hydrogen-bond donors (Lipinski definition) is 0. The molecule has 0 radical (unpaired) electrons. The number of thioether (sulfide) groups is 1. The molecule has 0 unspecified atom stereocenters. The Balaban J connectivity index is 2.32. The molecule has 21 heavy (non-hydrogen) atoms. The van der Waals surface area contributed by atoms with Gasteiger partial charge in [-0.25, -0.2) is 0 Å². The molecule has 3 rings (SSSR count). The Morgan fingerprint density at radius 1 is 1.19 bits per heavy atom. The fourth-order valence-electron chi connectivity index (χ4n) is 2.99. The Bertz CT molecular complexity index is 733. The van der Waals surface area contributed by atoms with Crippen LogP contribution in [0.25, 0.3) is 10.8 Å². The highest BCUT2D eigenvalue weighted by atomic mass is 32.2. The largest absolute Gasteiger partial charge is 0.497 e. The van der Waals surface area contributed by atoms with Gasteiger partial charge >= 0.3 is 0 Å². The molecule has 0 amide bonds. The van der Waals surface area contributed by atoms with E-state index in [2.05, 4.69) is 51.3 Å².